The van der Waals surface area contributed by atoms with Crippen LogP contribution < -0.4 is 0 Å². The molecule has 0 bridgehead atoms. The molecule has 0 spiro atoms. The van der Waals surface area contributed by atoms with Gasteiger partial charge in [-0.3, -0.25) is 0 Å². The number of benzene rings is 2. The monoisotopic (exact) mass is 234 g/mol. The van der Waals surface area contributed by atoms with Crippen LogP contribution in [0.3, 0.4) is 0 Å². The van der Waals surface area contributed by atoms with Crippen LogP contribution >= 0.6 is 0 Å². The lowest BCUT2D eigenvalue weighted by molar-refractivity contribution is 1.21. The third-order valence-corrected chi connectivity index (χ3v) is 3.16. The van der Waals surface area contributed by atoms with Gasteiger partial charge in [0.15, 0.2) is 0 Å². The molecule has 0 saturated heterocycles. The fourth-order valence-electron chi connectivity index (χ4n) is 2.26. The Balaban J connectivity index is 2.33. The molecule has 18 heavy (non-hydrogen) atoms. The average Bonchev–Trinajstić information content (AvgIpc) is 2.39. The van der Waals surface area contributed by atoms with Crippen molar-refractivity contribution in [2.45, 2.75) is 13.8 Å². The van der Waals surface area contributed by atoms with E-state index in [1.54, 1.807) is 6.33 Å². The van der Waals surface area contributed by atoms with Gasteiger partial charge in [-0.1, -0.05) is 42.0 Å². The highest BCUT2D eigenvalue weighted by molar-refractivity contribution is 5.93. The summed E-state index contributed by atoms with van der Waals surface area (Å²) < 4.78 is 0. The molecule has 0 radical (unpaired) electrons. The number of hydrogen-bond acceptors (Lipinski definition) is 2. The molecule has 88 valence electrons. The second kappa shape index (κ2) is 4.22. The minimum atomic E-state index is 1.01. The molecule has 2 nitrogen and oxygen atoms in total. The van der Waals surface area contributed by atoms with Gasteiger partial charge in [-0.05, 0) is 25.5 Å². The first-order valence-electron chi connectivity index (χ1n) is 6.03. The summed E-state index contributed by atoms with van der Waals surface area (Å²) in [6.07, 6.45) is 1.65. The van der Waals surface area contributed by atoms with E-state index in [1.807, 2.05) is 0 Å². The first kappa shape index (κ1) is 10.9. The third kappa shape index (κ3) is 1.76. The molecule has 1 aromatic heterocycles. The summed E-state index contributed by atoms with van der Waals surface area (Å²) in [7, 11) is 0. The molecule has 0 amide bonds. The van der Waals surface area contributed by atoms with Crippen LogP contribution in [0.25, 0.3) is 22.2 Å². The zero-order valence-electron chi connectivity index (χ0n) is 10.5. The van der Waals surface area contributed by atoms with Crippen LogP contribution in [0, 0.1) is 13.8 Å². The maximum atomic E-state index is 4.45. The molecule has 0 atom stereocenters. The average molecular weight is 234 g/mol. The lowest BCUT2D eigenvalue weighted by atomic mass is 10.0. The molecule has 0 aliphatic rings. The van der Waals surface area contributed by atoms with Crippen LogP contribution in [0.5, 0.6) is 0 Å². The Bertz CT molecular complexity index is 717. The third-order valence-electron chi connectivity index (χ3n) is 3.16. The summed E-state index contributed by atoms with van der Waals surface area (Å²) in [6.45, 7) is 4.17. The Kier molecular flexibility index (Phi) is 2.56. The standard InChI is InChI=1S/C16H14N2/c1-11-5-3-7-13(9-11)16-14-8-4-6-12(2)15(14)17-10-18-16/h3-10H,1-2H3. The highest BCUT2D eigenvalue weighted by Crippen LogP contribution is 2.27. The normalized spacial score (nSPS) is 10.8. The minimum Gasteiger partial charge on any atom is -0.236 e. The highest BCUT2D eigenvalue weighted by atomic mass is 14.8. The Morgan fingerprint density at radius 1 is 0.889 bits per heavy atom. The predicted octanol–water partition coefficient (Wildman–Crippen LogP) is 3.91. The number of hydrogen-bond donors (Lipinski definition) is 0. The van der Waals surface area contributed by atoms with Crippen molar-refractivity contribution in [3.05, 3.63) is 59.9 Å². The summed E-state index contributed by atoms with van der Waals surface area (Å²) in [5, 5.41) is 1.11. The van der Waals surface area contributed by atoms with Crippen molar-refractivity contribution in [1.29, 1.82) is 0 Å². The molecule has 0 fully saturated rings. The van der Waals surface area contributed by atoms with Crippen molar-refractivity contribution in [3.8, 4) is 11.3 Å². The Morgan fingerprint density at radius 2 is 1.72 bits per heavy atom. The first-order valence-corrected chi connectivity index (χ1v) is 6.03. The molecule has 1 heterocycles. The summed E-state index contributed by atoms with van der Waals surface area (Å²) in [6, 6.07) is 14.6. The van der Waals surface area contributed by atoms with Gasteiger partial charge < -0.3 is 0 Å². The van der Waals surface area contributed by atoms with Crippen molar-refractivity contribution in [2.24, 2.45) is 0 Å². The summed E-state index contributed by atoms with van der Waals surface area (Å²) in [5.74, 6) is 0. The van der Waals surface area contributed by atoms with Crippen molar-refractivity contribution in [2.75, 3.05) is 0 Å². The smallest absolute Gasteiger partial charge is 0.116 e. The zero-order chi connectivity index (χ0) is 12.5. The second-order valence-corrected chi connectivity index (χ2v) is 4.56. The van der Waals surface area contributed by atoms with Gasteiger partial charge in [0, 0.05) is 10.9 Å². The molecular weight excluding hydrogens is 220 g/mol. The topological polar surface area (TPSA) is 25.8 Å². The molecule has 2 aromatic carbocycles. The van der Waals surface area contributed by atoms with Crippen molar-refractivity contribution < 1.29 is 0 Å². The first-order chi connectivity index (χ1) is 8.75. The molecule has 0 aliphatic heterocycles. The summed E-state index contributed by atoms with van der Waals surface area (Å²) in [4.78, 5) is 8.83. The highest BCUT2D eigenvalue weighted by Gasteiger charge is 2.07. The number of nitrogens with zero attached hydrogens (tertiary/aromatic N) is 2. The van der Waals surface area contributed by atoms with E-state index in [4.69, 9.17) is 0 Å². The van der Waals surface area contributed by atoms with Crippen LogP contribution in [-0.2, 0) is 0 Å². The van der Waals surface area contributed by atoms with Gasteiger partial charge in [0.25, 0.3) is 0 Å². The number of aromatic nitrogens is 2. The van der Waals surface area contributed by atoms with Crippen LogP contribution in [0.2, 0.25) is 0 Å². The maximum Gasteiger partial charge on any atom is 0.116 e. The molecule has 0 saturated carbocycles. The molecule has 0 unspecified atom stereocenters. The van der Waals surface area contributed by atoms with Crippen molar-refractivity contribution in [3.63, 3.8) is 0 Å². The van der Waals surface area contributed by atoms with Crippen LogP contribution in [0.1, 0.15) is 11.1 Å². The fraction of sp³-hybridized carbons (Fsp3) is 0.125. The zero-order valence-corrected chi connectivity index (χ0v) is 10.5. The van der Waals surface area contributed by atoms with E-state index in [0.29, 0.717) is 0 Å². The lowest BCUT2D eigenvalue weighted by Gasteiger charge is -2.07. The molecule has 0 N–H and O–H groups in total. The van der Waals surface area contributed by atoms with Gasteiger partial charge in [0.2, 0.25) is 0 Å². The van der Waals surface area contributed by atoms with Gasteiger partial charge in [0.1, 0.15) is 6.33 Å². The molecule has 3 aromatic rings. The Hall–Kier alpha value is -2.22. The Labute approximate surface area is 106 Å². The van der Waals surface area contributed by atoms with Crippen molar-refractivity contribution >= 4 is 10.9 Å². The minimum absolute atomic E-state index is 1.01. The van der Waals surface area contributed by atoms with E-state index in [1.165, 1.54) is 11.1 Å². The van der Waals surface area contributed by atoms with Crippen molar-refractivity contribution in [1.82, 2.24) is 9.97 Å². The lowest BCUT2D eigenvalue weighted by Crippen LogP contribution is -1.91. The number of fused-ring (bicyclic) bond motifs is 1. The SMILES string of the molecule is Cc1cccc(-c2ncnc3c(C)cccc23)c1. The fourth-order valence-corrected chi connectivity index (χ4v) is 2.26. The van der Waals surface area contributed by atoms with Crippen LogP contribution in [0.4, 0.5) is 0 Å². The Morgan fingerprint density at radius 3 is 2.56 bits per heavy atom. The number of para-hydroxylation sites is 1. The van der Waals surface area contributed by atoms with Gasteiger partial charge in [-0.25, -0.2) is 9.97 Å². The largest absolute Gasteiger partial charge is 0.236 e. The molecular formula is C16H14N2. The quantitative estimate of drug-likeness (QED) is 0.638. The molecule has 2 heteroatoms. The van der Waals surface area contributed by atoms with Gasteiger partial charge in [-0.2, -0.15) is 0 Å². The second-order valence-electron chi connectivity index (χ2n) is 4.56. The molecule has 0 aliphatic carbocycles. The van der Waals surface area contributed by atoms with E-state index in [-0.39, 0.29) is 0 Å². The van der Waals surface area contributed by atoms with E-state index in [2.05, 4.69) is 66.3 Å². The predicted molar refractivity (Wildman–Crippen MR) is 74.4 cm³/mol. The van der Waals surface area contributed by atoms with Gasteiger partial charge >= 0.3 is 0 Å². The van der Waals surface area contributed by atoms with Gasteiger partial charge in [-0.15, -0.1) is 0 Å². The maximum absolute atomic E-state index is 4.45. The van der Waals surface area contributed by atoms with Gasteiger partial charge in [0.05, 0.1) is 11.2 Å². The number of rotatable bonds is 1. The van der Waals surface area contributed by atoms with Crippen LogP contribution in [0.15, 0.2) is 48.8 Å². The summed E-state index contributed by atoms with van der Waals surface area (Å²) >= 11 is 0. The van der Waals surface area contributed by atoms with E-state index in [9.17, 15) is 0 Å². The molecule has 3 rings (SSSR count). The summed E-state index contributed by atoms with van der Waals surface area (Å²) in [5.41, 5.74) is 5.61. The van der Waals surface area contributed by atoms with E-state index in [0.717, 1.165) is 22.2 Å². The number of aryl methyl sites for hydroxylation is 2. The van der Waals surface area contributed by atoms with E-state index < -0.39 is 0 Å². The van der Waals surface area contributed by atoms with E-state index >= 15 is 0 Å². The van der Waals surface area contributed by atoms with Crippen LogP contribution in [-0.4, -0.2) is 9.97 Å².